The number of piperidine rings is 1. The Morgan fingerprint density at radius 3 is 2.71 bits per heavy atom. The first kappa shape index (κ1) is 16.1. The lowest BCUT2D eigenvalue weighted by Gasteiger charge is -2.28. The van der Waals surface area contributed by atoms with Gasteiger partial charge in [-0.15, -0.1) is 0 Å². The van der Waals surface area contributed by atoms with Gasteiger partial charge < -0.3 is 14.4 Å². The Balaban J connectivity index is 1.67. The summed E-state index contributed by atoms with van der Waals surface area (Å²) in [7, 11) is 0. The maximum atomic E-state index is 11.7. The van der Waals surface area contributed by atoms with Crippen LogP contribution >= 0.6 is 11.6 Å². The van der Waals surface area contributed by atoms with Crippen LogP contribution in [0.5, 0.6) is 5.75 Å². The highest BCUT2D eigenvalue weighted by molar-refractivity contribution is 6.32. The van der Waals surface area contributed by atoms with E-state index in [0.29, 0.717) is 18.2 Å². The van der Waals surface area contributed by atoms with E-state index >= 15 is 0 Å². The highest BCUT2D eigenvalue weighted by Gasteiger charge is 2.28. The van der Waals surface area contributed by atoms with Gasteiger partial charge in [-0.1, -0.05) is 23.7 Å². The largest absolute Gasteiger partial charge is 0.486 e. The van der Waals surface area contributed by atoms with Gasteiger partial charge in [-0.3, -0.25) is 4.79 Å². The molecule has 0 radical (unpaired) electrons. The van der Waals surface area contributed by atoms with Crippen molar-refractivity contribution < 1.29 is 19.2 Å². The van der Waals surface area contributed by atoms with Gasteiger partial charge >= 0.3 is 5.97 Å². The summed E-state index contributed by atoms with van der Waals surface area (Å²) in [5.74, 6) is 0.780. The molecular formula is C16H23ClNO3+. The average molecular weight is 313 g/mol. The number of hydrogen-bond acceptors (Lipinski definition) is 3. The minimum atomic E-state index is -0.0381. The van der Waals surface area contributed by atoms with Crippen LogP contribution < -0.4 is 9.64 Å². The van der Waals surface area contributed by atoms with E-state index < -0.39 is 0 Å². The number of hydrogen-bond donors (Lipinski definition) is 1. The molecule has 1 aromatic rings. The van der Waals surface area contributed by atoms with Crippen molar-refractivity contribution in [2.75, 3.05) is 32.8 Å². The molecule has 0 aliphatic carbocycles. The number of benzene rings is 1. The Morgan fingerprint density at radius 1 is 1.33 bits per heavy atom. The number of likely N-dealkylation sites (tertiary alicyclic amines) is 1. The van der Waals surface area contributed by atoms with Gasteiger partial charge in [0, 0.05) is 12.8 Å². The summed E-state index contributed by atoms with van der Waals surface area (Å²) in [6.45, 7) is 5.89. The van der Waals surface area contributed by atoms with E-state index in [-0.39, 0.29) is 11.9 Å². The van der Waals surface area contributed by atoms with Crippen LogP contribution in [-0.2, 0) is 9.53 Å². The van der Waals surface area contributed by atoms with E-state index in [1.165, 1.54) is 4.90 Å². The standard InChI is InChI=1S/C16H22ClNO3/c1-2-20-16(19)13-7-9-18(10-8-13)11-12-21-15-6-4-3-5-14(15)17/h3-6,13H,2,7-12H2,1H3/p+1. The zero-order valence-corrected chi connectivity index (χ0v) is 13.2. The van der Waals surface area contributed by atoms with Crippen molar-refractivity contribution >= 4 is 17.6 Å². The molecule has 0 saturated carbocycles. The molecule has 1 heterocycles. The normalized spacial score (nSPS) is 21.8. The summed E-state index contributed by atoms with van der Waals surface area (Å²) >= 11 is 6.05. The van der Waals surface area contributed by atoms with Gasteiger partial charge in [0.2, 0.25) is 0 Å². The van der Waals surface area contributed by atoms with Crippen molar-refractivity contribution in [3.8, 4) is 5.75 Å². The lowest BCUT2D eigenvalue weighted by molar-refractivity contribution is -0.905. The molecule has 1 N–H and O–H groups in total. The first-order valence-corrected chi connectivity index (χ1v) is 7.96. The van der Waals surface area contributed by atoms with Gasteiger partial charge in [0.25, 0.3) is 0 Å². The number of halogens is 1. The van der Waals surface area contributed by atoms with Crippen LogP contribution in [-0.4, -0.2) is 38.8 Å². The number of nitrogens with one attached hydrogen (secondary N) is 1. The second-order valence-corrected chi connectivity index (χ2v) is 5.71. The Hall–Kier alpha value is -1.26. The molecule has 2 rings (SSSR count). The van der Waals surface area contributed by atoms with E-state index in [2.05, 4.69) is 0 Å². The van der Waals surface area contributed by atoms with Gasteiger partial charge in [-0.2, -0.15) is 0 Å². The fourth-order valence-corrected chi connectivity index (χ4v) is 2.83. The first-order chi connectivity index (χ1) is 10.2. The molecule has 0 bridgehead atoms. The van der Waals surface area contributed by atoms with Crippen LogP contribution in [0.4, 0.5) is 0 Å². The highest BCUT2D eigenvalue weighted by Crippen LogP contribution is 2.22. The Bertz CT molecular complexity index is 459. The van der Waals surface area contributed by atoms with E-state index in [9.17, 15) is 4.79 Å². The van der Waals surface area contributed by atoms with Gasteiger partial charge in [0.15, 0.2) is 0 Å². The van der Waals surface area contributed by atoms with E-state index in [0.717, 1.165) is 38.2 Å². The minimum absolute atomic E-state index is 0.0381. The number of quaternary nitrogens is 1. The van der Waals surface area contributed by atoms with Crippen molar-refractivity contribution in [2.24, 2.45) is 5.92 Å². The Morgan fingerprint density at radius 2 is 2.05 bits per heavy atom. The quantitative estimate of drug-likeness (QED) is 0.811. The molecule has 1 saturated heterocycles. The summed E-state index contributed by atoms with van der Waals surface area (Å²) < 4.78 is 10.8. The number of carbonyl (C=O) groups is 1. The molecule has 0 amide bonds. The molecule has 0 spiro atoms. The second-order valence-electron chi connectivity index (χ2n) is 5.31. The molecule has 5 heteroatoms. The molecular weight excluding hydrogens is 290 g/mol. The summed E-state index contributed by atoms with van der Waals surface area (Å²) in [5.41, 5.74) is 0. The van der Waals surface area contributed by atoms with Crippen molar-refractivity contribution in [3.63, 3.8) is 0 Å². The number of rotatable bonds is 6. The maximum absolute atomic E-state index is 11.7. The lowest BCUT2D eigenvalue weighted by Crippen LogP contribution is -3.13. The van der Waals surface area contributed by atoms with Gasteiger partial charge in [-0.25, -0.2) is 0 Å². The number of esters is 1. The van der Waals surface area contributed by atoms with Crippen molar-refractivity contribution in [1.29, 1.82) is 0 Å². The van der Waals surface area contributed by atoms with Crippen LogP contribution in [0.15, 0.2) is 24.3 Å². The summed E-state index contributed by atoms with van der Waals surface area (Å²) in [4.78, 5) is 13.1. The maximum Gasteiger partial charge on any atom is 0.309 e. The smallest absolute Gasteiger partial charge is 0.309 e. The van der Waals surface area contributed by atoms with Gasteiger partial charge in [0.1, 0.15) is 18.9 Å². The van der Waals surface area contributed by atoms with Gasteiger partial charge in [-0.05, 0) is 19.1 Å². The predicted octanol–water partition coefficient (Wildman–Crippen LogP) is 1.58. The molecule has 1 fully saturated rings. The molecule has 0 unspecified atom stereocenters. The molecule has 1 aliphatic heterocycles. The predicted molar refractivity (Wildman–Crippen MR) is 81.9 cm³/mol. The molecule has 4 nitrogen and oxygen atoms in total. The van der Waals surface area contributed by atoms with Gasteiger partial charge in [0.05, 0.1) is 30.6 Å². The summed E-state index contributed by atoms with van der Waals surface area (Å²) in [6, 6.07) is 7.51. The third kappa shape index (κ3) is 4.90. The molecule has 21 heavy (non-hydrogen) atoms. The SMILES string of the molecule is CCOC(=O)C1CC[NH+](CCOc2ccccc2Cl)CC1. The van der Waals surface area contributed by atoms with E-state index in [4.69, 9.17) is 21.1 Å². The average Bonchev–Trinajstić information content (AvgIpc) is 2.50. The molecule has 0 aromatic heterocycles. The second kappa shape index (κ2) is 8.25. The Kier molecular flexibility index (Phi) is 6.33. The molecule has 116 valence electrons. The molecule has 0 atom stereocenters. The number of para-hydroxylation sites is 1. The van der Waals surface area contributed by atoms with E-state index in [1.807, 2.05) is 31.2 Å². The van der Waals surface area contributed by atoms with Crippen molar-refractivity contribution in [1.82, 2.24) is 0 Å². The summed E-state index contributed by atoms with van der Waals surface area (Å²) in [5, 5.41) is 0.647. The monoisotopic (exact) mass is 312 g/mol. The van der Waals surface area contributed by atoms with Crippen LogP contribution in [0.2, 0.25) is 5.02 Å². The molecule has 1 aliphatic rings. The first-order valence-electron chi connectivity index (χ1n) is 7.58. The number of carbonyl (C=O) groups excluding carboxylic acids is 1. The van der Waals surface area contributed by atoms with E-state index in [1.54, 1.807) is 0 Å². The van der Waals surface area contributed by atoms with Crippen LogP contribution in [0.1, 0.15) is 19.8 Å². The Labute approximate surface area is 131 Å². The lowest BCUT2D eigenvalue weighted by atomic mass is 9.97. The van der Waals surface area contributed by atoms with Crippen LogP contribution in [0.3, 0.4) is 0 Å². The third-order valence-electron chi connectivity index (χ3n) is 3.86. The topological polar surface area (TPSA) is 40.0 Å². The molecule has 1 aromatic carbocycles. The van der Waals surface area contributed by atoms with Crippen LogP contribution in [0.25, 0.3) is 0 Å². The minimum Gasteiger partial charge on any atom is -0.486 e. The fraction of sp³-hybridized carbons (Fsp3) is 0.562. The van der Waals surface area contributed by atoms with Crippen molar-refractivity contribution in [3.05, 3.63) is 29.3 Å². The zero-order chi connectivity index (χ0) is 15.1. The third-order valence-corrected chi connectivity index (χ3v) is 4.17. The van der Waals surface area contributed by atoms with Crippen molar-refractivity contribution in [2.45, 2.75) is 19.8 Å². The fourth-order valence-electron chi connectivity index (χ4n) is 2.64. The zero-order valence-electron chi connectivity index (χ0n) is 12.4. The highest BCUT2D eigenvalue weighted by atomic mass is 35.5. The van der Waals surface area contributed by atoms with Crippen LogP contribution in [0, 0.1) is 5.92 Å². The number of ether oxygens (including phenoxy) is 2. The summed E-state index contributed by atoms with van der Waals surface area (Å²) in [6.07, 6.45) is 1.81.